The minimum Gasteiger partial charge on any atom is -0.348 e. The van der Waals surface area contributed by atoms with Crippen LogP contribution in [0.15, 0.2) is 23.1 Å². The monoisotopic (exact) mass is 282 g/mol. The third-order valence-corrected chi connectivity index (χ3v) is 5.08. The molecule has 2 heterocycles. The van der Waals surface area contributed by atoms with E-state index < -0.39 is 6.17 Å². The Labute approximate surface area is 114 Å². The van der Waals surface area contributed by atoms with Crippen LogP contribution in [0, 0.1) is 0 Å². The van der Waals surface area contributed by atoms with Crippen LogP contribution in [0.4, 0.5) is 9.52 Å². The first-order valence-corrected chi connectivity index (χ1v) is 8.14. The fourth-order valence-electron chi connectivity index (χ4n) is 2.19. The van der Waals surface area contributed by atoms with Gasteiger partial charge in [0.2, 0.25) is 0 Å². The van der Waals surface area contributed by atoms with Crippen molar-refractivity contribution in [1.82, 2.24) is 4.98 Å². The molecule has 1 aromatic carbocycles. The number of thiazole rings is 1. The van der Waals surface area contributed by atoms with E-state index in [9.17, 15) is 4.39 Å². The molecule has 1 aromatic heterocycles. The molecule has 0 amide bonds. The van der Waals surface area contributed by atoms with Crippen molar-refractivity contribution in [3.05, 3.63) is 18.2 Å². The third kappa shape index (κ3) is 2.34. The number of thioether (sulfide) groups is 1. The molecule has 2 aromatic rings. The Balaban J connectivity index is 1.88. The molecule has 0 spiro atoms. The van der Waals surface area contributed by atoms with Crippen LogP contribution in [0.5, 0.6) is 0 Å². The van der Waals surface area contributed by atoms with Crippen molar-refractivity contribution in [3.63, 3.8) is 0 Å². The molecule has 0 saturated carbocycles. The Morgan fingerprint density at radius 1 is 1.39 bits per heavy atom. The molecule has 0 unspecified atom stereocenters. The van der Waals surface area contributed by atoms with E-state index in [1.54, 1.807) is 23.1 Å². The minimum atomic E-state index is -0.626. The summed E-state index contributed by atoms with van der Waals surface area (Å²) in [5, 5.41) is 1.04. The lowest BCUT2D eigenvalue weighted by molar-refractivity contribution is 0.277. The van der Waals surface area contributed by atoms with E-state index in [0.29, 0.717) is 12.8 Å². The summed E-state index contributed by atoms with van der Waals surface area (Å²) in [6, 6.07) is 6.36. The molecule has 1 fully saturated rings. The number of halogens is 1. The SMILES string of the molecule is CSc1ccc2nc(N3CCC(F)CC3)sc2c1. The first kappa shape index (κ1) is 12.2. The lowest BCUT2D eigenvalue weighted by Crippen LogP contribution is -2.34. The average Bonchev–Trinajstić information content (AvgIpc) is 2.82. The highest BCUT2D eigenvalue weighted by molar-refractivity contribution is 7.98. The van der Waals surface area contributed by atoms with Gasteiger partial charge >= 0.3 is 0 Å². The number of anilines is 1. The standard InChI is InChI=1S/C13H15FN2S2/c1-17-10-2-3-11-12(8-10)18-13(15-11)16-6-4-9(14)5-7-16/h2-3,8-9H,4-7H2,1H3. The number of benzene rings is 1. The van der Waals surface area contributed by atoms with Gasteiger partial charge in [0, 0.05) is 18.0 Å². The number of hydrogen-bond acceptors (Lipinski definition) is 4. The highest BCUT2D eigenvalue weighted by Crippen LogP contribution is 2.32. The summed E-state index contributed by atoms with van der Waals surface area (Å²) in [5.41, 5.74) is 1.05. The first-order chi connectivity index (χ1) is 8.76. The van der Waals surface area contributed by atoms with E-state index in [1.165, 1.54) is 9.60 Å². The molecule has 0 radical (unpaired) electrons. The van der Waals surface area contributed by atoms with Crippen LogP contribution >= 0.6 is 23.1 Å². The van der Waals surface area contributed by atoms with Crippen molar-refractivity contribution < 1.29 is 4.39 Å². The van der Waals surface area contributed by atoms with E-state index in [0.717, 1.165) is 23.7 Å². The van der Waals surface area contributed by atoms with E-state index in [-0.39, 0.29) is 0 Å². The lowest BCUT2D eigenvalue weighted by atomic mass is 10.1. The number of aromatic nitrogens is 1. The summed E-state index contributed by atoms with van der Waals surface area (Å²) in [7, 11) is 0. The highest BCUT2D eigenvalue weighted by atomic mass is 32.2. The summed E-state index contributed by atoms with van der Waals surface area (Å²) in [4.78, 5) is 8.12. The maximum absolute atomic E-state index is 13.1. The van der Waals surface area contributed by atoms with Crippen LogP contribution in [0.25, 0.3) is 10.2 Å². The molecule has 0 bridgehead atoms. The summed E-state index contributed by atoms with van der Waals surface area (Å²) in [6.45, 7) is 1.58. The van der Waals surface area contributed by atoms with Crippen molar-refractivity contribution in [1.29, 1.82) is 0 Å². The Morgan fingerprint density at radius 2 is 2.17 bits per heavy atom. The van der Waals surface area contributed by atoms with E-state index in [4.69, 9.17) is 0 Å². The molecule has 5 heteroatoms. The number of piperidine rings is 1. The molecule has 2 nitrogen and oxygen atoms in total. The minimum absolute atomic E-state index is 0.626. The average molecular weight is 282 g/mol. The zero-order valence-electron chi connectivity index (χ0n) is 10.2. The van der Waals surface area contributed by atoms with Crippen molar-refractivity contribution in [2.45, 2.75) is 23.9 Å². The van der Waals surface area contributed by atoms with Crippen molar-refractivity contribution >= 4 is 38.4 Å². The van der Waals surface area contributed by atoms with Gasteiger partial charge in [-0.1, -0.05) is 11.3 Å². The third-order valence-electron chi connectivity index (χ3n) is 3.28. The molecule has 18 heavy (non-hydrogen) atoms. The van der Waals surface area contributed by atoms with Crippen LogP contribution < -0.4 is 4.90 Å². The Kier molecular flexibility index (Phi) is 3.43. The predicted octanol–water partition coefficient (Wildman–Crippen LogP) is 3.96. The maximum atomic E-state index is 13.1. The van der Waals surface area contributed by atoms with Gasteiger partial charge < -0.3 is 4.90 Å². The summed E-state index contributed by atoms with van der Waals surface area (Å²) >= 11 is 3.46. The van der Waals surface area contributed by atoms with Gasteiger partial charge in [0.05, 0.1) is 10.2 Å². The molecule has 1 aliphatic heterocycles. The molecular weight excluding hydrogens is 267 g/mol. The van der Waals surface area contributed by atoms with Gasteiger partial charge in [-0.3, -0.25) is 0 Å². The van der Waals surface area contributed by atoms with Gasteiger partial charge in [-0.05, 0) is 37.3 Å². The van der Waals surface area contributed by atoms with E-state index in [2.05, 4.69) is 34.3 Å². The second kappa shape index (κ2) is 5.05. The van der Waals surface area contributed by atoms with Crippen LogP contribution in [0.3, 0.4) is 0 Å². The predicted molar refractivity (Wildman–Crippen MR) is 77.7 cm³/mol. The van der Waals surface area contributed by atoms with Crippen LogP contribution in [-0.2, 0) is 0 Å². The van der Waals surface area contributed by atoms with Gasteiger partial charge in [-0.2, -0.15) is 0 Å². The Bertz CT molecular complexity index is 547. The number of alkyl halides is 1. The fraction of sp³-hybridized carbons (Fsp3) is 0.462. The van der Waals surface area contributed by atoms with Crippen LogP contribution in [0.1, 0.15) is 12.8 Å². The smallest absolute Gasteiger partial charge is 0.186 e. The zero-order chi connectivity index (χ0) is 12.5. The van der Waals surface area contributed by atoms with Gasteiger partial charge in [0.25, 0.3) is 0 Å². The highest BCUT2D eigenvalue weighted by Gasteiger charge is 2.20. The normalized spacial score (nSPS) is 17.6. The lowest BCUT2D eigenvalue weighted by Gasteiger charge is -2.27. The molecule has 3 rings (SSSR count). The van der Waals surface area contributed by atoms with Crippen LogP contribution in [0.2, 0.25) is 0 Å². The van der Waals surface area contributed by atoms with Crippen molar-refractivity contribution in [3.8, 4) is 0 Å². The number of fused-ring (bicyclic) bond motifs is 1. The maximum Gasteiger partial charge on any atom is 0.186 e. The van der Waals surface area contributed by atoms with E-state index >= 15 is 0 Å². The van der Waals surface area contributed by atoms with Gasteiger partial charge in [0.1, 0.15) is 6.17 Å². The summed E-state index contributed by atoms with van der Waals surface area (Å²) in [5.74, 6) is 0. The van der Waals surface area contributed by atoms with Crippen molar-refractivity contribution in [2.24, 2.45) is 0 Å². The van der Waals surface area contributed by atoms with Gasteiger partial charge in [0.15, 0.2) is 5.13 Å². The quantitative estimate of drug-likeness (QED) is 0.776. The second-order valence-corrected chi connectivity index (χ2v) is 6.38. The molecule has 0 N–H and O–H groups in total. The number of rotatable bonds is 2. The largest absolute Gasteiger partial charge is 0.348 e. The van der Waals surface area contributed by atoms with Crippen LogP contribution in [-0.4, -0.2) is 30.5 Å². The van der Waals surface area contributed by atoms with Crippen molar-refractivity contribution in [2.75, 3.05) is 24.2 Å². The first-order valence-electron chi connectivity index (χ1n) is 6.10. The molecule has 1 saturated heterocycles. The summed E-state index contributed by atoms with van der Waals surface area (Å²) < 4.78 is 14.4. The number of hydrogen-bond donors (Lipinski definition) is 0. The molecule has 96 valence electrons. The molecule has 1 aliphatic rings. The fourth-order valence-corrected chi connectivity index (χ4v) is 3.77. The molecule has 0 atom stereocenters. The van der Waals surface area contributed by atoms with E-state index in [1.807, 2.05) is 0 Å². The summed E-state index contributed by atoms with van der Waals surface area (Å²) in [6.07, 6.45) is 2.71. The second-order valence-electron chi connectivity index (χ2n) is 4.49. The topological polar surface area (TPSA) is 16.1 Å². The zero-order valence-corrected chi connectivity index (χ0v) is 11.9. The number of nitrogens with zero attached hydrogens (tertiary/aromatic N) is 2. The Hall–Kier alpha value is -0.810. The van der Waals surface area contributed by atoms with Gasteiger partial charge in [-0.15, -0.1) is 11.8 Å². The van der Waals surface area contributed by atoms with Gasteiger partial charge in [-0.25, -0.2) is 9.37 Å². The molecule has 0 aliphatic carbocycles. The molecular formula is C13H15FN2S2. The Morgan fingerprint density at radius 3 is 2.89 bits per heavy atom.